The second kappa shape index (κ2) is 10.5. The standard InChI is InChI=1S/C20H23NO5.ClH/c1-3-21(4-2)12-11-14-7-5-6-8-16(14)20(25)26-15-9-10-18(22)17(13-15)19(23)24;/h5-10,13,22H,3-4,11-12H2,1-2H3,(H,23,24);1H/p-1. The van der Waals surface area contributed by atoms with Gasteiger partial charge in [0.2, 0.25) is 0 Å². The van der Waals surface area contributed by atoms with E-state index in [2.05, 4.69) is 18.7 Å². The van der Waals surface area contributed by atoms with E-state index in [-0.39, 0.29) is 18.2 Å². The number of carbonyl (C=O) groups is 2. The highest BCUT2D eigenvalue weighted by Crippen LogP contribution is 2.22. The van der Waals surface area contributed by atoms with Crippen molar-refractivity contribution in [3.05, 3.63) is 59.2 Å². The Morgan fingerprint density at radius 2 is 1.74 bits per heavy atom. The smallest absolute Gasteiger partial charge is 0.343 e. The third-order valence-electron chi connectivity index (χ3n) is 4.22. The largest absolute Gasteiger partial charge is 0.872 e. The Labute approximate surface area is 164 Å². The van der Waals surface area contributed by atoms with Gasteiger partial charge in [-0.1, -0.05) is 43.9 Å². The molecule has 2 rings (SSSR count). The number of carboxylic acids is 1. The summed E-state index contributed by atoms with van der Waals surface area (Å²) in [4.78, 5) is 25.8. The van der Waals surface area contributed by atoms with Crippen molar-refractivity contribution >= 4 is 24.3 Å². The second-order valence-corrected chi connectivity index (χ2v) is 5.79. The van der Waals surface area contributed by atoms with Crippen LogP contribution < -0.4 is 9.84 Å². The van der Waals surface area contributed by atoms with Crippen LogP contribution in [0.25, 0.3) is 0 Å². The molecule has 0 spiro atoms. The van der Waals surface area contributed by atoms with Gasteiger partial charge in [0.1, 0.15) is 5.75 Å². The third-order valence-corrected chi connectivity index (χ3v) is 4.22. The van der Waals surface area contributed by atoms with Gasteiger partial charge in [-0.3, -0.25) is 0 Å². The number of ether oxygens (including phenoxy) is 1. The zero-order chi connectivity index (χ0) is 19.1. The van der Waals surface area contributed by atoms with Crippen LogP contribution in [0.1, 0.15) is 40.1 Å². The molecule has 0 bridgehead atoms. The number of aromatic carboxylic acids is 1. The maximum Gasteiger partial charge on any atom is 0.343 e. The van der Waals surface area contributed by atoms with Crippen LogP contribution in [-0.2, 0) is 6.42 Å². The van der Waals surface area contributed by atoms with Crippen molar-refractivity contribution in [2.75, 3.05) is 19.6 Å². The normalized spacial score (nSPS) is 10.3. The van der Waals surface area contributed by atoms with Gasteiger partial charge in [-0.2, -0.15) is 0 Å². The molecule has 0 saturated carbocycles. The topological polar surface area (TPSA) is 89.9 Å². The maximum absolute atomic E-state index is 12.5. The SMILES string of the molecule is CCN(CC)CCc1ccccc1C(=O)Oc1ccc([O-])c(C(=O)O)c1.Cl. The average Bonchev–Trinajstić information content (AvgIpc) is 2.64. The van der Waals surface area contributed by atoms with E-state index in [0.717, 1.165) is 37.3 Å². The summed E-state index contributed by atoms with van der Waals surface area (Å²) >= 11 is 0. The molecule has 0 aliphatic carbocycles. The monoisotopic (exact) mass is 392 g/mol. The first kappa shape index (κ1) is 22.5. The number of likely N-dealkylation sites (N-methyl/N-ethyl adjacent to an activating group) is 1. The molecule has 6 nitrogen and oxygen atoms in total. The fourth-order valence-electron chi connectivity index (χ4n) is 2.66. The fraction of sp³-hybridized carbons (Fsp3) is 0.300. The van der Waals surface area contributed by atoms with Gasteiger partial charge >= 0.3 is 11.9 Å². The van der Waals surface area contributed by atoms with Gasteiger partial charge in [-0.25, -0.2) is 9.59 Å². The summed E-state index contributed by atoms with van der Waals surface area (Å²) in [6.07, 6.45) is 0.701. The Morgan fingerprint density at radius 3 is 2.37 bits per heavy atom. The number of rotatable bonds is 8. The zero-order valence-corrected chi connectivity index (χ0v) is 16.1. The summed E-state index contributed by atoms with van der Waals surface area (Å²) in [6.45, 7) is 6.86. The Morgan fingerprint density at radius 1 is 1.07 bits per heavy atom. The number of hydrogen-bond acceptors (Lipinski definition) is 5. The first-order chi connectivity index (χ1) is 12.5. The Balaban J connectivity index is 0.00000364. The number of nitrogens with zero attached hydrogens (tertiary/aromatic N) is 1. The molecule has 0 radical (unpaired) electrons. The first-order valence-corrected chi connectivity index (χ1v) is 8.53. The van der Waals surface area contributed by atoms with E-state index in [1.165, 1.54) is 6.07 Å². The highest BCUT2D eigenvalue weighted by Gasteiger charge is 2.15. The molecule has 2 aromatic rings. The van der Waals surface area contributed by atoms with E-state index in [0.29, 0.717) is 12.0 Å². The second-order valence-electron chi connectivity index (χ2n) is 5.79. The summed E-state index contributed by atoms with van der Waals surface area (Å²) in [5.41, 5.74) is 0.871. The molecule has 0 aromatic heterocycles. The molecule has 1 N–H and O–H groups in total. The Hall–Kier alpha value is -2.57. The van der Waals surface area contributed by atoms with E-state index >= 15 is 0 Å². The molecule has 7 heteroatoms. The van der Waals surface area contributed by atoms with E-state index in [4.69, 9.17) is 9.84 Å². The van der Waals surface area contributed by atoms with E-state index in [1.54, 1.807) is 12.1 Å². The van der Waals surface area contributed by atoms with E-state index < -0.39 is 23.3 Å². The van der Waals surface area contributed by atoms with Crippen LogP contribution in [0, 0.1) is 0 Å². The molecule has 2 aromatic carbocycles. The zero-order valence-electron chi connectivity index (χ0n) is 15.3. The van der Waals surface area contributed by atoms with Crippen LogP contribution in [0.15, 0.2) is 42.5 Å². The predicted molar refractivity (Wildman–Crippen MR) is 103 cm³/mol. The van der Waals surface area contributed by atoms with Crippen LogP contribution >= 0.6 is 12.4 Å². The first-order valence-electron chi connectivity index (χ1n) is 8.53. The molecular weight excluding hydrogens is 370 g/mol. The number of hydrogen-bond donors (Lipinski definition) is 1. The predicted octanol–water partition coefficient (Wildman–Crippen LogP) is 2.98. The minimum absolute atomic E-state index is 0. The third kappa shape index (κ3) is 5.98. The quantitative estimate of drug-likeness (QED) is 0.548. The van der Waals surface area contributed by atoms with Crippen LogP contribution in [0.4, 0.5) is 0 Å². The lowest BCUT2D eigenvalue weighted by Gasteiger charge is -2.18. The molecule has 146 valence electrons. The van der Waals surface area contributed by atoms with Gasteiger partial charge in [-0.15, -0.1) is 12.4 Å². The molecule has 0 atom stereocenters. The lowest BCUT2D eigenvalue weighted by Crippen LogP contribution is -2.26. The average molecular weight is 393 g/mol. The molecular formula is C20H23ClNO5-. The highest BCUT2D eigenvalue weighted by atomic mass is 35.5. The van der Waals surface area contributed by atoms with Crippen molar-refractivity contribution in [2.24, 2.45) is 0 Å². The molecule has 27 heavy (non-hydrogen) atoms. The van der Waals surface area contributed by atoms with Crippen LogP contribution in [-0.4, -0.2) is 41.6 Å². The summed E-state index contributed by atoms with van der Waals surface area (Å²) in [7, 11) is 0. The number of carboxylic acid groups (broad SMARTS) is 1. The minimum atomic E-state index is -1.35. The molecule has 0 heterocycles. The van der Waals surface area contributed by atoms with Crippen molar-refractivity contribution in [2.45, 2.75) is 20.3 Å². The number of halogens is 1. The summed E-state index contributed by atoms with van der Waals surface area (Å²) in [5, 5.41) is 20.5. The van der Waals surface area contributed by atoms with Gasteiger partial charge in [0.05, 0.1) is 11.1 Å². The number of carbonyl (C=O) groups excluding carboxylic acids is 1. The van der Waals surface area contributed by atoms with Gasteiger partial charge in [0, 0.05) is 6.54 Å². The summed E-state index contributed by atoms with van der Waals surface area (Å²) in [5.74, 6) is -2.52. The molecule has 0 unspecified atom stereocenters. The Bertz CT molecular complexity index is 790. The van der Waals surface area contributed by atoms with Crippen molar-refractivity contribution in [3.8, 4) is 11.5 Å². The lowest BCUT2D eigenvalue weighted by atomic mass is 10.0. The molecule has 0 aliphatic rings. The highest BCUT2D eigenvalue weighted by molar-refractivity contribution is 5.94. The van der Waals surface area contributed by atoms with Gasteiger partial charge in [-0.05, 0) is 43.3 Å². The van der Waals surface area contributed by atoms with Crippen LogP contribution in [0.3, 0.4) is 0 Å². The number of benzene rings is 2. The van der Waals surface area contributed by atoms with Crippen molar-refractivity contribution in [1.29, 1.82) is 0 Å². The fourth-order valence-corrected chi connectivity index (χ4v) is 2.66. The van der Waals surface area contributed by atoms with Crippen molar-refractivity contribution < 1.29 is 24.5 Å². The van der Waals surface area contributed by atoms with Gasteiger partial charge < -0.3 is 19.8 Å². The van der Waals surface area contributed by atoms with Crippen LogP contribution in [0.2, 0.25) is 0 Å². The van der Waals surface area contributed by atoms with Gasteiger partial charge in [0.15, 0.2) is 0 Å². The minimum Gasteiger partial charge on any atom is -0.872 e. The molecule has 0 aliphatic heterocycles. The lowest BCUT2D eigenvalue weighted by molar-refractivity contribution is -0.268. The van der Waals surface area contributed by atoms with Crippen LogP contribution in [0.5, 0.6) is 11.5 Å². The van der Waals surface area contributed by atoms with Gasteiger partial charge in [0.25, 0.3) is 0 Å². The van der Waals surface area contributed by atoms with Crippen molar-refractivity contribution in [1.82, 2.24) is 4.90 Å². The molecule has 0 saturated heterocycles. The molecule has 0 amide bonds. The maximum atomic E-state index is 12.5. The van der Waals surface area contributed by atoms with E-state index in [1.807, 2.05) is 12.1 Å². The van der Waals surface area contributed by atoms with Crippen molar-refractivity contribution in [3.63, 3.8) is 0 Å². The van der Waals surface area contributed by atoms with E-state index in [9.17, 15) is 14.7 Å². The summed E-state index contributed by atoms with van der Waals surface area (Å²) in [6, 6.07) is 10.6. The summed E-state index contributed by atoms with van der Waals surface area (Å²) < 4.78 is 5.29. The Kier molecular flexibility index (Phi) is 8.78. The number of esters is 1. The molecule has 0 fully saturated rings.